The zero-order valence-corrected chi connectivity index (χ0v) is 9.55. The van der Waals surface area contributed by atoms with Crippen LogP contribution >= 0.6 is 0 Å². The molecule has 0 saturated carbocycles. The Morgan fingerprint density at radius 1 is 1.41 bits per heavy atom. The molecule has 1 N–H and O–H groups in total. The first-order valence-corrected chi connectivity index (χ1v) is 5.41. The molecule has 0 fully saturated rings. The first-order chi connectivity index (χ1) is 8.29. The predicted octanol–water partition coefficient (Wildman–Crippen LogP) is 2.40. The van der Waals surface area contributed by atoms with Crippen LogP contribution in [0, 0.1) is 11.3 Å². The maximum atomic E-state index is 8.71. The van der Waals surface area contributed by atoms with Crippen LogP contribution in [-0.4, -0.2) is 5.16 Å². The number of aromatic nitrogens is 1. The van der Waals surface area contributed by atoms with Crippen molar-refractivity contribution >= 4 is 0 Å². The van der Waals surface area contributed by atoms with Gasteiger partial charge in [0.15, 0.2) is 0 Å². The van der Waals surface area contributed by atoms with E-state index in [1.807, 2.05) is 24.3 Å². The molecule has 0 spiro atoms. The third-order valence-electron chi connectivity index (χ3n) is 2.64. The molecule has 0 saturated heterocycles. The summed E-state index contributed by atoms with van der Waals surface area (Å²) in [5.74, 6) is 0. The summed E-state index contributed by atoms with van der Waals surface area (Å²) >= 11 is 0. The van der Waals surface area contributed by atoms with Crippen LogP contribution < -0.4 is 5.32 Å². The Bertz CT molecular complexity index is 496. The topological polar surface area (TPSA) is 61.9 Å². The van der Waals surface area contributed by atoms with Gasteiger partial charge in [-0.15, -0.1) is 0 Å². The number of nitrogens with one attached hydrogen (secondary N) is 1. The minimum Gasteiger partial charge on any atom is -0.364 e. The summed E-state index contributed by atoms with van der Waals surface area (Å²) in [4.78, 5) is 0. The van der Waals surface area contributed by atoms with E-state index in [0.29, 0.717) is 12.1 Å². The Kier molecular flexibility index (Phi) is 3.53. The van der Waals surface area contributed by atoms with E-state index in [0.717, 1.165) is 11.1 Å². The third kappa shape index (κ3) is 2.92. The predicted molar refractivity (Wildman–Crippen MR) is 62.9 cm³/mol. The van der Waals surface area contributed by atoms with E-state index >= 15 is 0 Å². The van der Waals surface area contributed by atoms with Gasteiger partial charge < -0.3 is 9.84 Å². The molecule has 0 radical (unpaired) electrons. The molecule has 1 unspecified atom stereocenters. The van der Waals surface area contributed by atoms with E-state index in [4.69, 9.17) is 9.78 Å². The Balaban J connectivity index is 1.95. The van der Waals surface area contributed by atoms with Crippen molar-refractivity contribution in [2.75, 3.05) is 0 Å². The number of rotatable bonds is 4. The number of nitrogens with zero attached hydrogens (tertiary/aromatic N) is 2. The fourth-order valence-corrected chi connectivity index (χ4v) is 1.55. The average molecular weight is 227 g/mol. The Morgan fingerprint density at radius 2 is 2.18 bits per heavy atom. The maximum absolute atomic E-state index is 8.71. The van der Waals surface area contributed by atoms with Crippen LogP contribution in [-0.2, 0) is 6.54 Å². The van der Waals surface area contributed by atoms with Crippen molar-refractivity contribution in [3.05, 3.63) is 53.4 Å². The van der Waals surface area contributed by atoms with Gasteiger partial charge in [0.05, 0.1) is 17.8 Å². The number of benzene rings is 1. The monoisotopic (exact) mass is 227 g/mol. The molecule has 0 amide bonds. The highest BCUT2D eigenvalue weighted by atomic mass is 16.5. The van der Waals surface area contributed by atoms with Crippen LogP contribution in [0.25, 0.3) is 0 Å². The van der Waals surface area contributed by atoms with E-state index in [2.05, 4.69) is 23.5 Å². The quantitative estimate of drug-likeness (QED) is 0.871. The van der Waals surface area contributed by atoms with Gasteiger partial charge in [0.2, 0.25) is 0 Å². The van der Waals surface area contributed by atoms with Gasteiger partial charge in [-0.05, 0) is 24.6 Å². The average Bonchev–Trinajstić information content (AvgIpc) is 2.89. The normalized spacial score (nSPS) is 12.0. The molecule has 4 heteroatoms. The lowest BCUT2D eigenvalue weighted by molar-refractivity contribution is 0.418. The lowest BCUT2D eigenvalue weighted by atomic mass is 10.1. The zero-order chi connectivity index (χ0) is 12.1. The second kappa shape index (κ2) is 5.28. The molecule has 4 nitrogen and oxygen atoms in total. The fraction of sp³-hybridized carbons (Fsp3) is 0.231. The Hall–Kier alpha value is -2.12. The molecule has 1 aromatic carbocycles. The lowest BCUT2D eigenvalue weighted by Gasteiger charge is -2.13. The van der Waals surface area contributed by atoms with Crippen LogP contribution in [0.1, 0.15) is 29.7 Å². The molecule has 2 rings (SSSR count). The Morgan fingerprint density at radius 3 is 2.76 bits per heavy atom. The van der Waals surface area contributed by atoms with Crippen molar-refractivity contribution in [2.45, 2.75) is 19.5 Å². The second-order valence-electron chi connectivity index (χ2n) is 3.87. The van der Waals surface area contributed by atoms with E-state index in [1.54, 1.807) is 12.5 Å². The van der Waals surface area contributed by atoms with Gasteiger partial charge >= 0.3 is 0 Å². The molecule has 2 aromatic rings. The van der Waals surface area contributed by atoms with Crippen molar-refractivity contribution in [2.24, 2.45) is 0 Å². The highest BCUT2D eigenvalue weighted by molar-refractivity contribution is 5.32. The zero-order valence-electron chi connectivity index (χ0n) is 9.55. The van der Waals surface area contributed by atoms with Crippen molar-refractivity contribution in [1.29, 1.82) is 5.26 Å². The van der Waals surface area contributed by atoms with Crippen LogP contribution in [0.5, 0.6) is 0 Å². The van der Waals surface area contributed by atoms with Gasteiger partial charge in [-0.3, -0.25) is 0 Å². The van der Waals surface area contributed by atoms with E-state index < -0.39 is 0 Å². The van der Waals surface area contributed by atoms with E-state index in [9.17, 15) is 0 Å². The molecule has 0 aliphatic carbocycles. The van der Waals surface area contributed by atoms with Gasteiger partial charge in [-0.2, -0.15) is 5.26 Å². The smallest absolute Gasteiger partial charge is 0.128 e. The fourth-order valence-electron chi connectivity index (χ4n) is 1.55. The summed E-state index contributed by atoms with van der Waals surface area (Å²) in [7, 11) is 0. The van der Waals surface area contributed by atoms with Crippen LogP contribution in [0.15, 0.2) is 41.2 Å². The summed E-state index contributed by atoms with van der Waals surface area (Å²) in [5.41, 5.74) is 2.85. The van der Waals surface area contributed by atoms with Crippen molar-refractivity contribution < 1.29 is 4.52 Å². The number of nitriles is 1. The van der Waals surface area contributed by atoms with Gasteiger partial charge in [0, 0.05) is 18.2 Å². The second-order valence-corrected chi connectivity index (χ2v) is 3.87. The summed E-state index contributed by atoms with van der Waals surface area (Å²) in [6.45, 7) is 2.79. The largest absolute Gasteiger partial charge is 0.364 e. The van der Waals surface area contributed by atoms with Crippen molar-refractivity contribution in [1.82, 2.24) is 10.5 Å². The molecule has 1 aromatic heterocycles. The minimum absolute atomic E-state index is 0.220. The van der Waals surface area contributed by atoms with Crippen LogP contribution in [0.4, 0.5) is 0 Å². The number of hydrogen-bond acceptors (Lipinski definition) is 4. The Labute approximate surface area is 99.9 Å². The summed E-state index contributed by atoms with van der Waals surface area (Å²) in [6.07, 6.45) is 3.32. The molecular formula is C13H13N3O. The van der Waals surface area contributed by atoms with Gasteiger partial charge in [0.1, 0.15) is 6.26 Å². The maximum Gasteiger partial charge on any atom is 0.128 e. The van der Waals surface area contributed by atoms with Gasteiger partial charge in [-0.25, -0.2) is 0 Å². The number of hydrogen-bond donors (Lipinski definition) is 1. The van der Waals surface area contributed by atoms with Crippen molar-refractivity contribution in [3.63, 3.8) is 0 Å². The lowest BCUT2D eigenvalue weighted by Crippen LogP contribution is -2.17. The van der Waals surface area contributed by atoms with Gasteiger partial charge in [0.25, 0.3) is 0 Å². The van der Waals surface area contributed by atoms with Crippen LogP contribution in [0.3, 0.4) is 0 Å². The first kappa shape index (κ1) is 11.4. The first-order valence-electron chi connectivity index (χ1n) is 5.41. The molecular weight excluding hydrogens is 214 g/mol. The molecule has 0 bridgehead atoms. The summed E-state index contributed by atoms with van der Waals surface area (Å²) in [6, 6.07) is 9.90. The highest BCUT2D eigenvalue weighted by Gasteiger charge is 2.05. The summed E-state index contributed by atoms with van der Waals surface area (Å²) < 4.78 is 4.76. The van der Waals surface area contributed by atoms with Gasteiger partial charge in [-0.1, -0.05) is 17.3 Å². The summed E-state index contributed by atoms with van der Waals surface area (Å²) in [5, 5.41) is 15.7. The van der Waals surface area contributed by atoms with Crippen LogP contribution in [0.2, 0.25) is 0 Å². The molecule has 1 atom stereocenters. The minimum atomic E-state index is 0.220. The van der Waals surface area contributed by atoms with E-state index in [-0.39, 0.29) is 6.04 Å². The molecule has 0 aliphatic heterocycles. The molecule has 17 heavy (non-hydrogen) atoms. The third-order valence-corrected chi connectivity index (χ3v) is 2.64. The molecule has 0 aliphatic rings. The SMILES string of the molecule is CC(NCc1cnoc1)c1ccc(C#N)cc1. The molecule has 86 valence electrons. The highest BCUT2D eigenvalue weighted by Crippen LogP contribution is 2.13. The van der Waals surface area contributed by atoms with E-state index in [1.165, 1.54) is 0 Å². The molecule has 1 heterocycles. The standard InChI is InChI=1S/C13H13N3O/c1-10(15-7-12-8-16-17-9-12)13-4-2-11(6-14)3-5-13/h2-5,8-10,15H,7H2,1H3. The van der Waals surface area contributed by atoms with Crippen molar-refractivity contribution in [3.8, 4) is 6.07 Å².